The molecule has 6 heteroatoms. The topological polar surface area (TPSA) is 33.1 Å². The van der Waals surface area contributed by atoms with Gasteiger partial charge in [0.05, 0.1) is 5.52 Å². The van der Waals surface area contributed by atoms with Crippen molar-refractivity contribution in [2.75, 3.05) is 0 Å². The quantitative estimate of drug-likeness (QED) is 0.797. The molecule has 2 aromatic rings. The lowest BCUT2D eigenvalue weighted by Crippen LogP contribution is -2.20. The minimum Gasteiger partial charge on any atom is -0.379 e. The third-order valence-electron chi connectivity index (χ3n) is 2.31. The predicted molar refractivity (Wildman–Crippen MR) is 57.8 cm³/mol. The number of rotatable bonds is 1. The smallest absolute Gasteiger partial charge is 0.379 e. The van der Waals surface area contributed by atoms with Crippen LogP contribution in [0.25, 0.3) is 10.9 Å². The number of fused-ring (bicyclic) bond motifs is 1. The Balaban J connectivity index is 2.58. The molecule has 90 valence electrons. The Labute approximate surface area is 99.7 Å². The lowest BCUT2D eigenvalue weighted by Gasteiger charge is -2.16. The van der Waals surface area contributed by atoms with Crippen LogP contribution in [0.5, 0.6) is 0 Å². The monoisotopic (exact) mass is 261 g/mol. The first-order valence-electron chi connectivity index (χ1n) is 4.69. The van der Waals surface area contributed by atoms with Gasteiger partial charge in [-0.05, 0) is 12.1 Å². The molecule has 0 amide bonds. The lowest BCUT2D eigenvalue weighted by molar-refractivity contribution is -0.206. The molecule has 0 unspecified atom stereocenters. The number of para-hydroxylation sites is 1. The highest BCUT2D eigenvalue weighted by Gasteiger charge is 2.40. The first-order chi connectivity index (χ1) is 7.89. The molecular formula is C11H7ClF3NO. The second-order valence-corrected chi connectivity index (χ2v) is 3.86. The number of aliphatic hydroxyl groups is 1. The van der Waals surface area contributed by atoms with Crippen molar-refractivity contribution in [1.29, 1.82) is 0 Å². The molecule has 1 aromatic carbocycles. The molecule has 0 bridgehead atoms. The number of hydrogen-bond acceptors (Lipinski definition) is 2. The summed E-state index contributed by atoms with van der Waals surface area (Å²) in [7, 11) is 0. The van der Waals surface area contributed by atoms with Gasteiger partial charge in [0.2, 0.25) is 0 Å². The van der Waals surface area contributed by atoms with Crippen molar-refractivity contribution in [3.05, 3.63) is 41.0 Å². The number of aliphatic hydroxyl groups excluding tert-OH is 1. The zero-order chi connectivity index (χ0) is 12.6. The van der Waals surface area contributed by atoms with E-state index in [1.807, 2.05) is 0 Å². The highest BCUT2D eigenvalue weighted by atomic mass is 35.5. The second-order valence-electron chi connectivity index (χ2n) is 3.51. The summed E-state index contributed by atoms with van der Waals surface area (Å²) in [5.41, 5.74) is 0.0495. The molecule has 1 aromatic heterocycles. The van der Waals surface area contributed by atoms with Crippen molar-refractivity contribution in [2.45, 2.75) is 12.3 Å². The number of pyridine rings is 1. The molecule has 0 aliphatic rings. The zero-order valence-electron chi connectivity index (χ0n) is 8.37. The highest BCUT2D eigenvalue weighted by Crippen LogP contribution is 2.36. The molecule has 0 aliphatic heterocycles. The number of aromatic nitrogens is 1. The van der Waals surface area contributed by atoms with E-state index in [1.165, 1.54) is 6.07 Å². The molecule has 0 aliphatic carbocycles. The Morgan fingerprint density at radius 2 is 1.88 bits per heavy atom. The van der Waals surface area contributed by atoms with Gasteiger partial charge in [-0.3, -0.25) is 0 Å². The first kappa shape index (κ1) is 12.1. The summed E-state index contributed by atoms with van der Waals surface area (Å²) in [6, 6.07) is 7.80. The third-order valence-corrected chi connectivity index (χ3v) is 2.61. The van der Waals surface area contributed by atoms with Crippen LogP contribution in [-0.2, 0) is 0 Å². The zero-order valence-corrected chi connectivity index (χ0v) is 9.13. The fourth-order valence-electron chi connectivity index (χ4n) is 1.48. The van der Waals surface area contributed by atoms with Gasteiger partial charge in [0, 0.05) is 10.9 Å². The van der Waals surface area contributed by atoms with Crippen molar-refractivity contribution < 1.29 is 18.3 Å². The van der Waals surface area contributed by atoms with E-state index in [1.54, 1.807) is 24.3 Å². The van der Waals surface area contributed by atoms with Crippen LogP contribution in [0.4, 0.5) is 13.2 Å². The number of hydrogen-bond donors (Lipinski definition) is 1. The molecule has 17 heavy (non-hydrogen) atoms. The van der Waals surface area contributed by atoms with Crippen molar-refractivity contribution in [1.82, 2.24) is 4.98 Å². The van der Waals surface area contributed by atoms with Crippen LogP contribution in [0.2, 0.25) is 5.15 Å². The molecule has 1 heterocycles. The molecule has 0 spiro atoms. The molecule has 0 saturated heterocycles. The van der Waals surface area contributed by atoms with Gasteiger partial charge in [-0.15, -0.1) is 0 Å². The van der Waals surface area contributed by atoms with Gasteiger partial charge >= 0.3 is 6.18 Å². The first-order valence-corrected chi connectivity index (χ1v) is 5.07. The molecule has 0 radical (unpaired) electrons. The van der Waals surface area contributed by atoms with Gasteiger partial charge in [-0.1, -0.05) is 29.8 Å². The van der Waals surface area contributed by atoms with Crippen molar-refractivity contribution in [3.63, 3.8) is 0 Å². The largest absolute Gasteiger partial charge is 0.418 e. The summed E-state index contributed by atoms with van der Waals surface area (Å²) in [6.45, 7) is 0. The normalized spacial score (nSPS) is 13.9. The average molecular weight is 262 g/mol. The molecular weight excluding hydrogens is 255 g/mol. The van der Waals surface area contributed by atoms with E-state index in [0.717, 1.165) is 0 Å². The van der Waals surface area contributed by atoms with Crippen LogP contribution < -0.4 is 0 Å². The van der Waals surface area contributed by atoms with E-state index >= 15 is 0 Å². The van der Waals surface area contributed by atoms with E-state index in [0.29, 0.717) is 10.9 Å². The van der Waals surface area contributed by atoms with Crippen LogP contribution in [0, 0.1) is 0 Å². The Morgan fingerprint density at radius 1 is 1.24 bits per heavy atom. The van der Waals surface area contributed by atoms with E-state index in [2.05, 4.69) is 4.98 Å². The third kappa shape index (κ3) is 2.35. The van der Waals surface area contributed by atoms with Crippen LogP contribution in [-0.4, -0.2) is 16.3 Å². The second kappa shape index (κ2) is 4.16. The number of benzene rings is 1. The summed E-state index contributed by atoms with van der Waals surface area (Å²) < 4.78 is 37.1. The van der Waals surface area contributed by atoms with E-state index < -0.39 is 17.8 Å². The maximum absolute atomic E-state index is 12.4. The summed E-state index contributed by atoms with van der Waals surface area (Å²) in [6.07, 6.45) is -7.37. The van der Waals surface area contributed by atoms with Gasteiger partial charge in [-0.25, -0.2) is 4.98 Å². The molecule has 0 fully saturated rings. The Kier molecular flexibility index (Phi) is 2.97. The fraction of sp³-hybridized carbons (Fsp3) is 0.182. The van der Waals surface area contributed by atoms with E-state index in [-0.39, 0.29) is 5.15 Å². The van der Waals surface area contributed by atoms with E-state index in [4.69, 9.17) is 16.7 Å². The van der Waals surface area contributed by atoms with Crippen LogP contribution in [0.15, 0.2) is 30.3 Å². The maximum atomic E-state index is 12.4. The van der Waals surface area contributed by atoms with E-state index in [9.17, 15) is 13.2 Å². The molecule has 2 nitrogen and oxygen atoms in total. The molecule has 2 rings (SSSR count). The van der Waals surface area contributed by atoms with Crippen molar-refractivity contribution in [2.24, 2.45) is 0 Å². The van der Waals surface area contributed by atoms with Crippen LogP contribution in [0.1, 0.15) is 11.7 Å². The number of alkyl halides is 3. The summed E-state index contributed by atoms with van der Waals surface area (Å²) in [5.74, 6) is 0. The van der Waals surface area contributed by atoms with Gasteiger partial charge < -0.3 is 5.11 Å². The van der Waals surface area contributed by atoms with Crippen molar-refractivity contribution in [3.8, 4) is 0 Å². The van der Waals surface area contributed by atoms with Crippen LogP contribution >= 0.6 is 11.6 Å². The predicted octanol–water partition coefficient (Wildman–Crippen LogP) is 3.48. The molecule has 0 saturated carbocycles. The van der Waals surface area contributed by atoms with Crippen molar-refractivity contribution >= 4 is 22.5 Å². The number of halogens is 4. The standard InChI is InChI=1S/C11H7ClF3NO/c12-10-7(9(17)11(13,14)15)5-6-3-1-2-4-8(6)16-10/h1-5,9,17H/t9-/m1/s1. The highest BCUT2D eigenvalue weighted by molar-refractivity contribution is 6.30. The number of nitrogens with zero attached hydrogens (tertiary/aromatic N) is 1. The summed E-state index contributed by atoms with van der Waals surface area (Å²) in [5, 5.41) is 9.30. The SMILES string of the molecule is O[C@H](c1cc2ccccc2nc1Cl)C(F)(F)F. The Hall–Kier alpha value is -1.33. The lowest BCUT2D eigenvalue weighted by atomic mass is 10.1. The Bertz CT molecular complexity index is 556. The average Bonchev–Trinajstić information content (AvgIpc) is 2.26. The minimum atomic E-state index is -4.76. The summed E-state index contributed by atoms with van der Waals surface area (Å²) in [4.78, 5) is 3.82. The minimum absolute atomic E-state index is 0.339. The van der Waals surface area contributed by atoms with Gasteiger partial charge in [0.25, 0.3) is 0 Å². The Morgan fingerprint density at radius 3 is 2.53 bits per heavy atom. The van der Waals surface area contributed by atoms with Crippen LogP contribution in [0.3, 0.4) is 0 Å². The van der Waals surface area contributed by atoms with Gasteiger partial charge in [-0.2, -0.15) is 13.2 Å². The summed E-state index contributed by atoms with van der Waals surface area (Å²) >= 11 is 5.63. The van der Waals surface area contributed by atoms with Gasteiger partial charge in [0.1, 0.15) is 5.15 Å². The fourth-order valence-corrected chi connectivity index (χ4v) is 1.73. The van der Waals surface area contributed by atoms with Gasteiger partial charge in [0.15, 0.2) is 6.10 Å². The molecule has 1 N–H and O–H groups in total. The maximum Gasteiger partial charge on any atom is 0.418 e. The molecule has 1 atom stereocenters.